The summed E-state index contributed by atoms with van der Waals surface area (Å²) in [4.78, 5) is 24.5. The van der Waals surface area contributed by atoms with Gasteiger partial charge in [-0.1, -0.05) is 13.8 Å². The highest BCUT2D eigenvalue weighted by Gasteiger charge is 2.38. The summed E-state index contributed by atoms with van der Waals surface area (Å²) in [6.07, 6.45) is 1.97. The average Bonchev–Trinajstić information content (AvgIpc) is 2.28. The van der Waals surface area contributed by atoms with Crippen molar-refractivity contribution < 1.29 is 14.7 Å². The molecule has 5 nitrogen and oxygen atoms in total. The van der Waals surface area contributed by atoms with Crippen molar-refractivity contribution in [3.05, 3.63) is 0 Å². The summed E-state index contributed by atoms with van der Waals surface area (Å²) in [6.45, 7) is 5.37. The minimum atomic E-state index is -0.809. The van der Waals surface area contributed by atoms with Gasteiger partial charge in [0.15, 0.2) is 0 Å². The highest BCUT2D eigenvalue weighted by atomic mass is 16.4. The first-order valence-electron chi connectivity index (χ1n) is 5.82. The largest absolute Gasteiger partial charge is 0.481 e. The maximum Gasteiger partial charge on any atom is 0.317 e. The number of hydrogen-bond donors (Lipinski definition) is 2. The molecular weight excluding hydrogens is 208 g/mol. The normalized spacial score (nSPS) is 17.1. The summed E-state index contributed by atoms with van der Waals surface area (Å²) in [5, 5.41) is 12.0. The Labute approximate surface area is 95.8 Å². The Morgan fingerprint density at radius 1 is 1.50 bits per heavy atom. The lowest BCUT2D eigenvalue weighted by Gasteiger charge is -2.35. The summed E-state index contributed by atoms with van der Waals surface area (Å²) in [5.74, 6) is -0.809. The standard InChI is InChI=1S/C11H20N2O3/c1-3-11(4-2,9(14)15)8-13-7-5-6-12-10(13)16/h3-8H2,1-2H3,(H,12,16)(H,14,15). The van der Waals surface area contributed by atoms with Crippen LogP contribution in [0, 0.1) is 5.41 Å². The van der Waals surface area contributed by atoms with Gasteiger partial charge in [-0.15, -0.1) is 0 Å². The molecular formula is C11H20N2O3. The van der Waals surface area contributed by atoms with E-state index in [1.807, 2.05) is 13.8 Å². The van der Waals surface area contributed by atoms with Gasteiger partial charge in [0.05, 0.1) is 5.41 Å². The number of carboxylic acid groups (broad SMARTS) is 1. The van der Waals surface area contributed by atoms with E-state index in [1.54, 1.807) is 4.90 Å². The second-order valence-electron chi connectivity index (χ2n) is 4.30. The van der Waals surface area contributed by atoms with Crippen molar-refractivity contribution in [1.82, 2.24) is 10.2 Å². The molecule has 1 fully saturated rings. The number of carbonyl (C=O) groups is 2. The third-order valence-corrected chi connectivity index (χ3v) is 3.47. The van der Waals surface area contributed by atoms with E-state index in [2.05, 4.69) is 5.32 Å². The molecule has 1 heterocycles. The molecule has 1 aliphatic heterocycles. The van der Waals surface area contributed by atoms with Gasteiger partial charge in [0, 0.05) is 19.6 Å². The summed E-state index contributed by atoms with van der Waals surface area (Å²) < 4.78 is 0. The van der Waals surface area contributed by atoms with Crippen LogP contribution in [0.2, 0.25) is 0 Å². The number of aliphatic carboxylic acids is 1. The minimum Gasteiger partial charge on any atom is -0.481 e. The van der Waals surface area contributed by atoms with Crippen LogP contribution in [-0.4, -0.2) is 41.6 Å². The Balaban J connectivity index is 2.74. The van der Waals surface area contributed by atoms with E-state index in [9.17, 15) is 14.7 Å². The van der Waals surface area contributed by atoms with E-state index in [-0.39, 0.29) is 6.03 Å². The van der Waals surface area contributed by atoms with E-state index < -0.39 is 11.4 Å². The molecule has 1 saturated heterocycles. The van der Waals surface area contributed by atoms with Crippen LogP contribution in [0.1, 0.15) is 33.1 Å². The number of hydrogen-bond acceptors (Lipinski definition) is 2. The number of carbonyl (C=O) groups excluding carboxylic acids is 1. The van der Waals surface area contributed by atoms with Gasteiger partial charge < -0.3 is 15.3 Å². The number of rotatable bonds is 5. The van der Waals surface area contributed by atoms with Crippen molar-refractivity contribution in [2.75, 3.05) is 19.6 Å². The molecule has 2 N–H and O–H groups in total. The maximum atomic E-state index is 11.5. The number of urea groups is 1. The van der Waals surface area contributed by atoms with Crippen molar-refractivity contribution >= 4 is 12.0 Å². The smallest absolute Gasteiger partial charge is 0.317 e. The van der Waals surface area contributed by atoms with Gasteiger partial charge in [0.25, 0.3) is 0 Å². The Morgan fingerprint density at radius 3 is 2.56 bits per heavy atom. The molecule has 0 aliphatic carbocycles. The highest BCUT2D eigenvalue weighted by molar-refractivity contribution is 5.78. The molecule has 0 aromatic rings. The fraction of sp³-hybridized carbons (Fsp3) is 0.818. The Hall–Kier alpha value is -1.26. The lowest BCUT2D eigenvalue weighted by molar-refractivity contribution is -0.150. The van der Waals surface area contributed by atoms with Gasteiger partial charge in [0.2, 0.25) is 0 Å². The van der Waals surface area contributed by atoms with Gasteiger partial charge in [-0.05, 0) is 19.3 Å². The number of nitrogens with one attached hydrogen (secondary N) is 1. The van der Waals surface area contributed by atoms with E-state index in [0.717, 1.165) is 6.42 Å². The molecule has 0 aromatic heterocycles. The lowest BCUT2D eigenvalue weighted by atomic mass is 9.82. The molecule has 1 aliphatic rings. The first-order valence-corrected chi connectivity index (χ1v) is 5.82. The van der Waals surface area contributed by atoms with E-state index in [4.69, 9.17) is 0 Å². The fourth-order valence-corrected chi connectivity index (χ4v) is 2.04. The van der Waals surface area contributed by atoms with Gasteiger partial charge in [-0.3, -0.25) is 4.79 Å². The zero-order valence-corrected chi connectivity index (χ0v) is 9.95. The first kappa shape index (κ1) is 12.8. The summed E-state index contributed by atoms with van der Waals surface area (Å²) in [7, 11) is 0. The van der Waals surface area contributed by atoms with Crippen molar-refractivity contribution in [3.8, 4) is 0 Å². The van der Waals surface area contributed by atoms with E-state index in [0.29, 0.717) is 32.5 Å². The van der Waals surface area contributed by atoms with Crippen molar-refractivity contribution in [2.24, 2.45) is 5.41 Å². The monoisotopic (exact) mass is 228 g/mol. The zero-order valence-electron chi connectivity index (χ0n) is 9.95. The molecule has 1 rings (SSSR count). The van der Waals surface area contributed by atoms with Crippen LogP contribution in [0.15, 0.2) is 0 Å². The van der Waals surface area contributed by atoms with Crippen LogP contribution >= 0.6 is 0 Å². The van der Waals surface area contributed by atoms with Gasteiger partial charge in [0.1, 0.15) is 0 Å². The SMILES string of the molecule is CCC(CC)(CN1CCCNC1=O)C(=O)O. The number of nitrogens with zero attached hydrogens (tertiary/aromatic N) is 1. The first-order chi connectivity index (χ1) is 7.55. The molecule has 0 bridgehead atoms. The average molecular weight is 228 g/mol. The molecule has 92 valence electrons. The molecule has 0 saturated carbocycles. The van der Waals surface area contributed by atoms with E-state index >= 15 is 0 Å². The van der Waals surface area contributed by atoms with Crippen molar-refractivity contribution in [1.29, 1.82) is 0 Å². The van der Waals surface area contributed by atoms with Crippen molar-refractivity contribution in [2.45, 2.75) is 33.1 Å². The molecule has 0 unspecified atom stereocenters. The van der Waals surface area contributed by atoms with Crippen LogP contribution in [0.3, 0.4) is 0 Å². The quantitative estimate of drug-likeness (QED) is 0.745. The highest BCUT2D eigenvalue weighted by Crippen LogP contribution is 2.28. The Bertz CT molecular complexity index is 274. The molecule has 16 heavy (non-hydrogen) atoms. The van der Waals surface area contributed by atoms with Gasteiger partial charge in [-0.25, -0.2) is 4.79 Å². The molecule has 0 radical (unpaired) electrons. The minimum absolute atomic E-state index is 0.140. The van der Waals surface area contributed by atoms with Crippen LogP contribution in [0.25, 0.3) is 0 Å². The van der Waals surface area contributed by atoms with Crippen LogP contribution in [0.5, 0.6) is 0 Å². The van der Waals surface area contributed by atoms with Gasteiger partial charge in [-0.2, -0.15) is 0 Å². The zero-order chi connectivity index (χ0) is 12.2. The van der Waals surface area contributed by atoms with Crippen LogP contribution < -0.4 is 5.32 Å². The number of amides is 2. The van der Waals surface area contributed by atoms with Crippen LogP contribution in [-0.2, 0) is 4.79 Å². The Kier molecular flexibility index (Phi) is 4.15. The molecule has 5 heteroatoms. The van der Waals surface area contributed by atoms with Crippen LogP contribution in [0.4, 0.5) is 4.79 Å². The second-order valence-corrected chi connectivity index (χ2v) is 4.30. The maximum absolute atomic E-state index is 11.5. The third kappa shape index (κ3) is 2.46. The lowest BCUT2D eigenvalue weighted by Crippen LogP contribution is -2.52. The summed E-state index contributed by atoms with van der Waals surface area (Å²) >= 11 is 0. The predicted octanol–water partition coefficient (Wildman–Crippen LogP) is 1.29. The van der Waals surface area contributed by atoms with Crippen molar-refractivity contribution in [3.63, 3.8) is 0 Å². The topological polar surface area (TPSA) is 69.6 Å². The third-order valence-electron chi connectivity index (χ3n) is 3.47. The number of carboxylic acids is 1. The molecule has 0 aromatic carbocycles. The van der Waals surface area contributed by atoms with E-state index in [1.165, 1.54) is 0 Å². The summed E-state index contributed by atoms with van der Waals surface area (Å²) in [6, 6.07) is -0.140. The second kappa shape index (κ2) is 5.18. The predicted molar refractivity (Wildman–Crippen MR) is 60.2 cm³/mol. The summed E-state index contributed by atoms with van der Waals surface area (Å²) in [5.41, 5.74) is -0.797. The molecule has 0 atom stereocenters. The molecule has 0 spiro atoms. The molecule has 2 amide bonds. The van der Waals surface area contributed by atoms with Gasteiger partial charge >= 0.3 is 12.0 Å². The fourth-order valence-electron chi connectivity index (χ4n) is 2.04. The Morgan fingerprint density at radius 2 is 2.12 bits per heavy atom.